The molecule has 0 amide bonds. The summed E-state index contributed by atoms with van der Waals surface area (Å²) in [4.78, 5) is 0. The standard InChI is InChI=1S/C16H18N2/c17-11-15(12-18)16(13-7-3-1-4-8-13)14-9-5-2-6-10-14/h1,3-4,7-8,14-16H,2,5-6,9-10H2. The molecule has 0 saturated heterocycles. The van der Waals surface area contributed by atoms with Crippen molar-refractivity contribution in [2.75, 3.05) is 0 Å². The molecular formula is C16H18N2. The largest absolute Gasteiger partial charge is 0.197 e. The minimum absolute atomic E-state index is 0.0847. The molecule has 2 nitrogen and oxygen atoms in total. The fraction of sp³-hybridized carbons (Fsp3) is 0.500. The summed E-state index contributed by atoms with van der Waals surface area (Å²) >= 11 is 0. The van der Waals surface area contributed by atoms with Crippen LogP contribution in [0.5, 0.6) is 0 Å². The third-order valence-corrected chi connectivity index (χ3v) is 3.98. The average Bonchev–Trinajstić information content (AvgIpc) is 2.46. The zero-order valence-corrected chi connectivity index (χ0v) is 10.5. The average molecular weight is 238 g/mol. The molecule has 1 aromatic carbocycles. The lowest BCUT2D eigenvalue weighted by atomic mass is 9.71. The first kappa shape index (κ1) is 12.7. The zero-order valence-electron chi connectivity index (χ0n) is 10.5. The third-order valence-electron chi connectivity index (χ3n) is 3.98. The van der Waals surface area contributed by atoms with Crippen LogP contribution in [0.15, 0.2) is 30.3 Å². The summed E-state index contributed by atoms with van der Waals surface area (Å²) in [6.07, 6.45) is 6.07. The molecule has 1 fully saturated rings. The third kappa shape index (κ3) is 2.71. The highest BCUT2D eigenvalue weighted by Gasteiger charge is 2.31. The summed E-state index contributed by atoms with van der Waals surface area (Å²) in [6, 6.07) is 14.5. The van der Waals surface area contributed by atoms with E-state index in [1.54, 1.807) is 0 Å². The molecule has 18 heavy (non-hydrogen) atoms. The first-order chi connectivity index (χ1) is 8.86. The van der Waals surface area contributed by atoms with Gasteiger partial charge in [-0.05, 0) is 24.3 Å². The number of nitrogens with zero attached hydrogens (tertiary/aromatic N) is 2. The van der Waals surface area contributed by atoms with Crippen molar-refractivity contribution in [2.24, 2.45) is 11.8 Å². The van der Waals surface area contributed by atoms with Crippen LogP contribution in [-0.4, -0.2) is 0 Å². The van der Waals surface area contributed by atoms with Crippen LogP contribution in [0.25, 0.3) is 0 Å². The van der Waals surface area contributed by atoms with Gasteiger partial charge in [0.05, 0.1) is 12.1 Å². The van der Waals surface area contributed by atoms with Gasteiger partial charge in [0.15, 0.2) is 0 Å². The van der Waals surface area contributed by atoms with Gasteiger partial charge >= 0.3 is 0 Å². The van der Waals surface area contributed by atoms with E-state index in [4.69, 9.17) is 0 Å². The van der Waals surface area contributed by atoms with Crippen molar-refractivity contribution < 1.29 is 0 Å². The molecule has 0 bridgehead atoms. The van der Waals surface area contributed by atoms with E-state index in [2.05, 4.69) is 24.3 Å². The Hall–Kier alpha value is -1.80. The SMILES string of the molecule is N#CC(C#N)C(c1ccccc1)C1CCCCC1. The topological polar surface area (TPSA) is 47.6 Å². The molecule has 92 valence electrons. The van der Waals surface area contributed by atoms with Crippen LogP contribution in [-0.2, 0) is 0 Å². The monoisotopic (exact) mass is 238 g/mol. The number of benzene rings is 1. The number of rotatable bonds is 3. The Morgan fingerprint density at radius 3 is 2.11 bits per heavy atom. The molecule has 0 N–H and O–H groups in total. The van der Waals surface area contributed by atoms with Gasteiger partial charge < -0.3 is 0 Å². The number of nitriles is 2. The predicted octanol–water partition coefficient (Wildman–Crippen LogP) is 4.01. The Morgan fingerprint density at radius 2 is 1.56 bits per heavy atom. The van der Waals surface area contributed by atoms with Crippen LogP contribution in [0.1, 0.15) is 43.6 Å². The van der Waals surface area contributed by atoms with E-state index in [1.807, 2.05) is 18.2 Å². The second-order valence-corrected chi connectivity index (χ2v) is 5.07. The van der Waals surface area contributed by atoms with E-state index in [9.17, 15) is 10.5 Å². The van der Waals surface area contributed by atoms with Gasteiger partial charge in [-0.3, -0.25) is 0 Å². The van der Waals surface area contributed by atoms with E-state index in [0.717, 1.165) is 18.4 Å². The molecule has 0 heterocycles. The molecule has 1 aliphatic carbocycles. The lowest BCUT2D eigenvalue weighted by Crippen LogP contribution is -2.22. The lowest BCUT2D eigenvalue weighted by Gasteiger charge is -2.31. The smallest absolute Gasteiger partial charge is 0.140 e. The summed E-state index contributed by atoms with van der Waals surface area (Å²) in [5.74, 6) is 0.0578. The van der Waals surface area contributed by atoms with Crippen molar-refractivity contribution in [3.8, 4) is 12.1 Å². The number of hydrogen-bond acceptors (Lipinski definition) is 2. The van der Waals surface area contributed by atoms with Crippen LogP contribution in [0.4, 0.5) is 0 Å². The molecule has 0 spiro atoms. The summed E-state index contributed by atoms with van der Waals surface area (Å²) in [6.45, 7) is 0. The van der Waals surface area contributed by atoms with Crippen molar-refractivity contribution in [1.82, 2.24) is 0 Å². The maximum absolute atomic E-state index is 9.22. The van der Waals surface area contributed by atoms with Gasteiger partial charge in [-0.15, -0.1) is 0 Å². The molecule has 1 aromatic rings. The quantitative estimate of drug-likeness (QED) is 0.798. The molecular weight excluding hydrogens is 220 g/mol. The molecule has 1 atom stereocenters. The van der Waals surface area contributed by atoms with E-state index in [-0.39, 0.29) is 5.92 Å². The Labute approximate surface area is 109 Å². The van der Waals surface area contributed by atoms with Gasteiger partial charge in [-0.25, -0.2) is 0 Å². The highest BCUT2D eigenvalue weighted by molar-refractivity contribution is 5.26. The van der Waals surface area contributed by atoms with E-state index in [0.29, 0.717) is 5.92 Å². The van der Waals surface area contributed by atoms with Crippen molar-refractivity contribution in [3.05, 3.63) is 35.9 Å². The predicted molar refractivity (Wildman–Crippen MR) is 70.5 cm³/mol. The first-order valence-corrected chi connectivity index (χ1v) is 6.71. The van der Waals surface area contributed by atoms with Gasteiger partial charge in [0, 0.05) is 5.92 Å². The van der Waals surface area contributed by atoms with Gasteiger partial charge in [0.1, 0.15) is 5.92 Å². The van der Waals surface area contributed by atoms with E-state index in [1.165, 1.54) is 19.3 Å². The normalized spacial score (nSPS) is 17.9. The van der Waals surface area contributed by atoms with Gasteiger partial charge in [0.2, 0.25) is 0 Å². The highest BCUT2D eigenvalue weighted by Crippen LogP contribution is 2.40. The summed E-state index contributed by atoms with van der Waals surface area (Å²) in [5, 5.41) is 18.4. The first-order valence-electron chi connectivity index (χ1n) is 6.71. The molecule has 1 aliphatic rings. The van der Waals surface area contributed by atoms with E-state index < -0.39 is 5.92 Å². The summed E-state index contributed by atoms with van der Waals surface area (Å²) in [5.41, 5.74) is 1.15. The fourth-order valence-electron chi connectivity index (χ4n) is 3.09. The second kappa shape index (κ2) is 6.22. The Morgan fingerprint density at radius 1 is 0.944 bits per heavy atom. The maximum Gasteiger partial charge on any atom is 0.140 e. The summed E-state index contributed by atoms with van der Waals surface area (Å²) in [7, 11) is 0. The zero-order chi connectivity index (χ0) is 12.8. The molecule has 1 saturated carbocycles. The van der Waals surface area contributed by atoms with Gasteiger partial charge in [-0.1, -0.05) is 49.6 Å². The summed E-state index contributed by atoms with van der Waals surface area (Å²) < 4.78 is 0. The Balaban J connectivity index is 2.29. The molecule has 0 aliphatic heterocycles. The molecule has 0 radical (unpaired) electrons. The number of hydrogen-bond donors (Lipinski definition) is 0. The molecule has 1 unspecified atom stereocenters. The van der Waals surface area contributed by atoms with Crippen LogP contribution >= 0.6 is 0 Å². The Kier molecular flexibility index (Phi) is 4.37. The van der Waals surface area contributed by atoms with Crippen molar-refractivity contribution in [2.45, 2.75) is 38.0 Å². The maximum atomic E-state index is 9.22. The van der Waals surface area contributed by atoms with Crippen LogP contribution in [0.2, 0.25) is 0 Å². The molecule has 2 heteroatoms. The Bertz CT molecular complexity index is 432. The van der Waals surface area contributed by atoms with Crippen molar-refractivity contribution >= 4 is 0 Å². The van der Waals surface area contributed by atoms with Crippen molar-refractivity contribution in [1.29, 1.82) is 10.5 Å². The van der Waals surface area contributed by atoms with Gasteiger partial charge in [-0.2, -0.15) is 10.5 Å². The minimum atomic E-state index is -0.518. The molecule has 2 rings (SSSR count). The fourth-order valence-corrected chi connectivity index (χ4v) is 3.09. The lowest BCUT2D eigenvalue weighted by molar-refractivity contribution is 0.287. The molecule has 0 aromatic heterocycles. The second-order valence-electron chi connectivity index (χ2n) is 5.07. The van der Waals surface area contributed by atoms with Crippen LogP contribution < -0.4 is 0 Å². The van der Waals surface area contributed by atoms with Crippen molar-refractivity contribution in [3.63, 3.8) is 0 Å². The van der Waals surface area contributed by atoms with Gasteiger partial charge in [0.25, 0.3) is 0 Å². The highest BCUT2D eigenvalue weighted by atomic mass is 14.4. The van der Waals surface area contributed by atoms with Crippen LogP contribution in [0, 0.1) is 34.5 Å². The van der Waals surface area contributed by atoms with Crippen LogP contribution in [0.3, 0.4) is 0 Å². The minimum Gasteiger partial charge on any atom is -0.197 e. The van der Waals surface area contributed by atoms with E-state index >= 15 is 0 Å².